The third kappa shape index (κ3) is 5.76. The van der Waals surface area contributed by atoms with Crippen LogP contribution in [0.1, 0.15) is 59.5 Å². The molecule has 5 rings (SSSR count). The molecule has 1 spiro atoms. The number of nitrogens with zero attached hydrogens (tertiary/aromatic N) is 3. The second kappa shape index (κ2) is 9.43. The molecule has 10 heteroatoms. The molecule has 2 aromatic heterocycles. The fourth-order valence-electron chi connectivity index (χ4n) is 5.75. The fourth-order valence-corrected chi connectivity index (χ4v) is 7.45. The number of hydrogen-bond donors (Lipinski definition) is 1. The predicted octanol–water partition coefficient (Wildman–Crippen LogP) is 4.61. The first kappa shape index (κ1) is 24.1. The number of nitrogens with one attached hydrogen (secondary N) is 1. The molecule has 2 aliphatic carbocycles. The lowest BCUT2D eigenvalue weighted by molar-refractivity contribution is -0.125. The minimum Gasteiger partial charge on any atom is -0.464 e. The first-order valence-electron chi connectivity index (χ1n) is 12.1. The van der Waals surface area contributed by atoms with Crippen LogP contribution in [-0.2, 0) is 24.2 Å². The van der Waals surface area contributed by atoms with Gasteiger partial charge in [-0.25, -0.2) is 18.7 Å². The number of amides is 1. The number of rotatable bonds is 9. The van der Waals surface area contributed by atoms with Gasteiger partial charge in [0.05, 0.1) is 17.1 Å². The van der Waals surface area contributed by atoms with Gasteiger partial charge < -0.3 is 10.1 Å². The highest BCUT2D eigenvalue weighted by Crippen LogP contribution is 2.59. The number of aryl methyl sites for hydroxylation is 1. The number of carbonyl (C=O) groups excluding carboxylic acids is 1. The van der Waals surface area contributed by atoms with E-state index in [-0.39, 0.29) is 5.91 Å². The minimum absolute atomic E-state index is 0.114. The number of alkyl halides is 2. The summed E-state index contributed by atoms with van der Waals surface area (Å²) in [4.78, 5) is 25.6. The van der Waals surface area contributed by atoms with E-state index in [0.29, 0.717) is 23.1 Å². The summed E-state index contributed by atoms with van der Waals surface area (Å²) in [5.74, 6) is -1.96. The first-order valence-corrected chi connectivity index (χ1v) is 13.7. The molecule has 1 N–H and O–H groups in total. The van der Waals surface area contributed by atoms with Crippen LogP contribution in [-0.4, -0.2) is 52.4 Å². The molecular weight excluding hydrogens is 478 g/mol. The molecule has 2 fully saturated rings. The first-order chi connectivity index (χ1) is 16.1. The van der Waals surface area contributed by atoms with E-state index in [2.05, 4.69) is 20.2 Å². The van der Waals surface area contributed by atoms with E-state index in [0.717, 1.165) is 67.3 Å². The molecule has 3 heterocycles. The summed E-state index contributed by atoms with van der Waals surface area (Å²) in [5.41, 5.74) is 1.45. The third-order valence-electron chi connectivity index (χ3n) is 7.26. The van der Waals surface area contributed by atoms with Crippen LogP contribution in [0.2, 0.25) is 0 Å². The van der Waals surface area contributed by atoms with E-state index >= 15 is 0 Å². The molecule has 34 heavy (non-hydrogen) atoms. The molecule has 0 radical (unpaired) electrons. The van der Waals surface area contributed by atoms with Gasteiger partial charge in [-0.1, -0.05) is 11.3 Å². The van der Waals surface area contributed by atoms with E-state index in [1.165, 1.54) is 35.5 Å². The van der Waals surface area contributed by atoms with Crippen molar-refractivity contribution in [2.24, 2.45) is 11.3 Å². The monoisotopic (exact) mass is 510 g/mol. The van der Waals surface area contributed by atoms with Crippen molar-refractivity contribution in [3.8, 4) is 5.19 Å². The van der Waals surface area contributed by atoms with Crippen LogP contribution in [0, 0.1) is 18.3 Å². The van der Waals surface area contributed by atoms with E-state index < -0.39 is 12.5 Å². The summed E-state index contributed by atoms with van der Waals surface area (Å²) in [6.45, 7) is 5.02. The Morgan fingerprint density at radius 1 is 1.32 bits per heavy atom. The quantitative estimate of drug-likeness (QED) is 0.534. The normalized spacial score (nSPS) is 26.6. The Labute approximate surface area is 207 Å². The van der Waals surface area contributed by atoms with Crippen molar-refractivity contribution in [3.63, 3.8) is 0 Å². The van der Waals surface area contributed by atoms with Crippen molar-refractivity contribution in [1.82, 2.24) is 20.2 Å². The Morgan fingerprint density at radius 2 is 2.12 bits per heavy atom. The Kier molecular flexibility index (Phi) is 6.67. The van der Waals surface area contributed by atoms with Gasteiger partial charge in [0.25, 0.3) is 11.1 Å². The lowest BCUT2D eigenvalue weighted by Crippen LogP contribution is -2.56. The molecule has 0 aromatic carbocycles. The lowest BCUT2D eigenvalue weighted by Gasteiger charge is -2.58. The van der Waals surface area contributed by atoms with Gasteiger partial charge in [0.2, 0.25) is 5.91 Å². The Bertz CT molecular complexity index is 1020. The fraction of sp³-hybridized carbons (Fsp3) is 0.708. The Balaban J connectivity index is 0.986. The second-order valence-electron chi connectivity index (χ2n) is 10.5. The summed E-state index contributed by atoms with van der Waals surface area (Å²) in [6, 6.07) is 0.330. The molecule has 0 saturated heterocycles. The predicted molar refractivity (Wildman–Crippen MR) is 129 cm³/mol. The smallest absolute Gasteiger partial charge is 0.278 e. The summed E-state index contributed by atoms with van der Waals surface area (Å²) in [7, 11) is 0. The maximum absolute atomic E-state index is 13.0. The molecule has 2 saturated carbocycles. The van der Waals surface area contributed by atoms with Crippen molar-refractivity contribution >= 4 is 28.6 Å². The number of hydrogen-bond acceptors (Lipinski definition) is 7. The summed E-state index contributed by atoms with van der Waals surface area (Å²) in [5, 5.41) is 4.56. The maximum atomic E-state index is 13.0. The zero-order chi connectivity index (χ0) is 23.9. The molecule has 2 aromatic rings. The lowest BCUT2D eigenvalue weighted by atomic mass is 9.49. The highest BCUT2D eigenvalue weighted by molar-refractivity contribution is 7.13. The summed E-state index contributed by atoms with van der Waals surface area (Å²) < 4.78 is 31.3. The van der Waals surface area contributed by atoms with Gasteiger partial charge in [0.15, 0.2) is 6.61 Å². The highest BCUT2D eigenvalue weighted by atomic mass is 32.1. The van der Waals surface area contributed by atoms with Gasteiger partial charge in [-0.2, -0.15) is 0 Å². The topological polar surface area (TPSA) is 67.4 Å². The van der Waals surface area contributed by atoms with Crippen LogP contribution in [0.4, 0.5) is 8.78 Å². The van der Waals surface area contributed by atoms with Crippen LogP contribution in [0.15, 0.2) is 6.20 Å². The molecule has 0 atom stereocenters. The van der Waals surface area contributed by atoms with Gasteiger partial charge in [-0.05, 0) is 63.3 Å². The van der Waals surface area contributed by atoms with Crippen LogP contribution < -0.4 is 10.1 Å². The van der Waals surface area contributed by atoms with E-state index in [4.69, 9.17) is 4.74 Å². The van der Waals surface area contributed by atoms with E-state index in [9.17, 15) is 13.6 Å². The molecule has 186 valence electrons. The van der Waals surface area contributed by atoms with E-state index in [1.54, 1.807) is 17.5 Å². The number of fused-ring (bicyclic) bond motifs is 1. The maximum Gasteiger partial charge on any atom is 0.278 e. The molecule has 6 nitrogen and oxygen atoms in total. The van der Waals surface area contributed by atoms with Crippen LogP contribution in [0.5, 0.6) is 5.19 Å². The van der Waals surface area contributed by atoms with Crippen LogP contribution in [0.25, 0.3) is 0 Å². The summed E-state index contributed by atoms with van der Waals surface area (Å²) >= 11 is 3.00. The van der Waals surface area contributed by atoms with Crippen LogP contribution >= 0.6 is 22.7 Å². The number of halogens is 2. The van der Waals surface area contributed by atoms with Crippen molar-refractivity contribution < 1.29 is 18.3 Å². The van der Waals surface area contributed by atoms with Gasteiger partial charge >= 0.3 is 0 Å². The zero-order valence-electron chi connectivity index (χ0n) is 19.7. The van der Waals surface area contributed by atoms with Crippen molar-refractivity contribution in [3.05, 3.63) is 26.7 Å². The average Bonchev–Trinajstić information content (AvgIpc) is 3.30. The largest absolute Gasteiger partial charge is 0.464 e. The second-order valence-corrected chi connectivity index (χ2v) is 12.9. The zero-order valence-corrected chi connectivity index (χ0v) is 21.4. The standard InChI is InChI=1S/C24H32F2N4O2S2/c1-15-27-12-18(33-15)7-21(31)28-17-10-24(11-17)8-16(9-24)3-5-30-6-4-20-19(13-30)29-22(34-20)32-14-23(2,25)26/h12,16-17H,3-11,13-14H2,1-2H3,(H,28,31). The van der Waals surface area contributed by atoms with E-state index in [1.807, 2.05) is 6.92 Å². The molecule has 3 aliphatic rings. The van der Waals surface area contributed by atoms with Gasteiger partial charge in [0.1, 0.15) is 0 Å². The van der Waals surface area contributed by atoms with Crippen LogP contribution in [0.3, 0.4) is 0 Å². The number of ether oxygens (including phenoxy) is 1. The van der Waals surface area contributed by atoms with Crippen molar-refractivity contribution in [2.75, 3.05) is 19.7 Å². The SMILES string of the molecule is Cc1ncc(CC(=O)NC2CC3(CC(CCN4CCc5sc(OCC(C)(F)F)nc5C4)C3)C2)s1. The number of carbonyl (C=O) groups is 1. The number of aromatic nitrogens is 2. The third-order valence-corrected chi connectivity index (χ3v) is 9.24. The van der Waals surface area contributed by atoms with Gasteiger partial charge in [-0.15, -0.1) is 11.3 Å². The average molecular weight is 511 g/mol. The molecule has 1 amide bonds. The molecule has 1 aliphatic heterocycles. The summed E-state index contributed by atoms with van der Waals surface area (Å²) in [6.07, 6.45) is 9.11. The van der Waals surface area contributed by atoms with Gasteiger partial charge in [0, 0.05) is 42.0 Å². The highest BCUT2D eigenvalue weighted by Gasteiger charge is 2.52. The minimum atomic E-state index is -2.84. The number of thiazole rings is 2. The molecule has 0 bridgehead atoms. The Morgan fingerprint density at radius 3 is 2.82 bits per heavy atom. The van der Waals surface area contributed by atoms with Crippen molar-refractivity contribution in [2.45, 2.75) is 77.3 Å². The molecular formula is C24H32F2N4O2S2. The molecule has 0 unspecified atom stereocenters. The Hall–Kier alpha value is -1.65. The van der Waals surface area contributed by atoms with Gasteiger partial charge in [-0.3, -0.25) is 9.69 Å². The van der Waals surface area contributed by atoms with Crippen molar-refractivity contribution in [1.29, 1.82) is 0 Å².